The molecule has 1 aliphatic rings. The van der Waals surface area contributed by atoms with Gasteiger partial charge in [-0.2, -0.15) is 0 Å². The van der Waals surface area contributed by atoms with Crippen molar-refractivity contribution in [3.05, 3.63) is 23.2 Å². The van der Waals surface area contributed by atoms with Crippen LogP contribution in [0.5, 0.6) is 0 Å². The van der Waals surface area contributed by atoms with E-state index in [1.807, 2.05) is 0 Å². The molecule has 1 aromatic rings. The van der Waals surface area contributed by atoms with E-state index >= 15 is 0 Å². The molecule has 1 fully saturated rings. The zero-order valence-electron chi connectivity index (χ0n) is 12.8. The zero-order valence-corrected chi connectivity index (χ0v) is 13.5. The molecule has 116 valence electrons. The summed E-state index contributed by atoms with van der Waals surface area (Å²) in [5.74, 6) is 0.000119. The van der Waals surface area contributed by atoms with Crippen LogP contribution in [0.2, 0.25) is 5.02 Å². The normalized spacial score (nSPS) is 17.9. The number of nitrogens with one attached hydrogen (secondary N) is 1. The second kappa shape index (κ2) is 6.67. The zero-order chi connectivity index (χ0) is 15.5. The second-order valence-electron chi connectivity index (χ2n) is 6.58. The van der Waals surface area contributed by atoms with E-state index in [0.717, 1.165) is 26.1 Å². The molecule has 5 heteroatoms. The van der Waals surface area contributed by atoms with Crippen molar-refractivity contribution in [2.75, 3.05) is 30.7 Å². The summed E-state index contributed by atoms with van der Waals surface area (Å²) >= 11 is 6.04. The topological polar surface area (TPSA) is 58.4 Å². The smallest absolute Gasteiger partial charge is 0.224 e. The van der Waals surface area contributed by atoms with E-state index in [9.17, 15) is 4.79 Å². The summed E-state index contributed by atoms with van der Waals surface area (Å²) in [5, 5.41) is 3.31. The van der Waals surface area contributed by atoms with E-state index in [1.54, 1.807) is 18.2 Å². The number of nitrogens with two attached hydrogens (primary N) is 1. The van der Waals surface area contributed by atoms with Crippen LogP contribution in [-0.2, 0) is 4.79 Å². The van der Waals surface area contributed by atoms with E-state index in [1.165, 1.54) is 6.42 Å². The standard InChI is InChI=1S/C16H24ClN3O/c1-16(2)7-9-20(11-16)8-3-4-15(21)19-14-6-5-12(18)10-13(14)17/h5-6,10H,3-4,7-9,11,18H2,1-2H3,(H,19,21). The van der Waals surface area contributed by atoms with Gasteiger partial charge in [0.15, 0.2) is 0 Å². The highest BCUT2D eigenvalue weighted by Crippen LogP contribution is 2.29. The number of anilines is 2. The summed E-state index contributed by atoms with van der Waals surface area (Å²) in [7, 11) is 0. The van der Waals surface area contributed by atoms with Gasteiger partial charge < -0.3 is 16.0 Å². The number of halogens is 1. The molecule has 1 amide bonds. The highest BCUT2D eigenvalue weighted by atomic mass is 35.5. The van der Waals surface area contributed by atoms with Crippen molar-refractivity contribution in [1.82, 2.24) is 4.90 Å². The average Bonchev–Trinajstić information content (AvgIpc) is 2.72. The summed E-state index contributed by atoms with van der Waals surface area (Å²) in [4.78, 5) is 14.4. The Morgan fingerprint density at radius 3 is 2.86 bits per heavy atom. The molecule has 0 saturated carbocycles. The van der Waals surface area contributed by atoms with Gasteiger partial charge in [0.2, 0.25) is 5.91 Å². The van der Waals surface area contributed by atoms with Crippen molar-refractivity contribution >= 4 is 28.9 Å². The largest absolute Gasteiger partial charge is 0.399 e. The first-order valence-corrected chi connectivity index (χ1v) is 7.81. The quantitative estimate of drug-likeness (QED) is 0.820. The van der Waals surface area contributed by atoms with Gasteiger partial charge in [-0.1, -0.05) is 25.4 Å². The number of likely N-dealkylation sites (tertiary alicyclic amines) is 1. The molecule has 0 aromatic heterocycles. The molecule has 0 atom stereocenters. The van der Waals surface area contributed by atoms with Crippen molar-refractivity contribution in [3.63, 3.8) is 0 Å². The van der Waals surface area contributed by atoms with Gasteiger partial charge in [0.1, 0.15) is 0 Å². The molecule has 4 nitrogen and oxygen atoms in total. The summed E-state index contributed by atoms with van der Waals surface area (Å²) in [6, 6.07) is 5.11. The molecule has 1 saturated heterocycles. The molecular weight excluding hydrogens is 286 g/mol. The molecule has 2 rings (SSSR count). The monoisotopic (exact) mass is 309 g/mol. The molecule has 0 unspecified atom stereocenters. The first-order chi connectivity index (χ1) is 9.85. The van der Waals surface area contributed by atoms with E-state index < -0.39 is 0 Å². The van der Waals surface area contributed by atoms with Crippen LogP contribution in [0.15, 0.2) is 18.2 Å². The van der Waals surface area contributed by atoms with Crippen molar-refractivity contribution < 1.29 is 4.79 Å². The summed E-state index contributed by atoms with van der Waals surface area (Å²) in [6.07, 6.45) is 2.62. The Morgan fingerprint density at radius 1 is 1.48 bits per heavy atom. The van der Waals surface area contributed by atoms with E-state index in [-0.39, 0.29) is 5.91 Å². The number of benzene rings is 1. The molecule has 0 aliphatic carbocycles. The number of nitrogens with zero attached hydrogens (tertiary/aromatic N) is 1. The van der Waals surface area contributed by atoms with Gasteiger partial charge in [0.05, 0.1) is 10.7 Å². The Balaban J connectivity index is 1.73. The Hall–Kier alpha value is -1.26. The van der Waals surface area contributed by atoms with Gasteiger partial charge >= 0.3 is 0 Å². The lowest BCUT2D eigenvalue weighted by Crippen LogP contribution is -2.25. The summed E-state index contributed by atoms with van der Waals surface area (Å²) in [5.41, 5.74) is 7.26. The van der Waals surface area contributed by atoms with Gasteiger partial charge in [0.25, 0.3) is 0 Å². The Morgan fingerprint density at radius 2 is 2.24 bits per heavy atom. The van der Waals surface area contributed by atoms with Crippen molar-refractivity contribution in [2.45, 2.75) is 33.1 Å². The maximum atomic E-state index is 11.9. The van der Waals surface area contributed by atoms with Crippen LogP contribution in [0, 0.1) is 5.41 Å². The van der Waals surface area contributed by atoms with Crippen molar-refractivity contribution in [1.29, 1.82) is 0 Å². The number of hydrogen-bond donors (Lipinski definition) is 2. The predicted octanol–water partition coefficient (Wildman–Crippen LogP) is 3.37. The van der Waals surface area contributed by atoms with Crippen LogP contribution in [0.25, 0.3) is 0 Å². The van der Waals surface area contributed by atoms with Gasteiger partial charge in [-0.25, -0.2) is 0 Å². The predicted molar refractivity (Wildman–Crippen MR) is 88.6 cm³/mol. The molecule has 21 heavy (non-hydrogen) atoms. The minimum Gasteiger partial charge on any atom is -0.399 e. The summed E-state index contributed by atoms with van der Waals surface area (Å²) < 4.78 is 0. The molecule has 1 aromatic carbocycles. The molecule has 0 bridgehead atoms. The fourth-order valence-corrected chi connectivity index (χ4v) is 2.96. The molecular formula is C16H24ClN3O. The molecule has 0 radical (unpaired) electrons. The van der Waals surface area contributed by atoms with Crippen LogP contribution in [0.4, 0.5) is 11.4 Å². The number of carbonyl (C=O) groups is 1. The first kappa shape index (κ1) is 16.1. The fourth-order valence-electron chi connectivity index (χ4n) is 2.72. The first-order valence-electron chi connectivity index (χ1n) is 7.43. The molecule has 3 N–H and O–H groups in total. The Kier molecular flexibility index (Phi) is 5.12. The second-order valence-corrected chi connectivity index (χ2v) is 6.99. The van der Waals surface area contributed by atoms with Gasteiger partial charge in [-0.3, -0.25) is 4.79 Å². The molecule has 1 aliphatic heterocycles. The third-order valence-electron chi connectivity index (χ3n) is 3.90. The molecule has 0 spiro atoms. The highest BCUT2D eigenvalue weighted by molar-refractivity contribution is 6.34. The number of hydrogen-bond acceptors (Lipinski definition) is 3. The van der Waals surface area contributed by atoms with Gasteiger partial charge in [-0.15, -0.1) is 0 Å². The fraction of sp³-hybridized carbons (Fsp3) is 0.562. The third-order valence-corrected chi connectivity index (χ3v) is 4.21. The number of carbonyl (C=O) groups excluding carboxylic acids is 1. The van der Waals surface area contributed by atoms with E-state index in [2.05, 4.69) is 24.1 Å². The lowest BCUT2D eigenvalue weighted by Gasteiger charge is -2.19. The number of nitrogen functional groups attached to an aromatic ring is 1. The lowest BCUT2D eigenvalue weighted by molar-refractivity contribution is -0.116. The maximum Gasteiger partial charge on any atom is 0.224 e. The minimum absolute atomic E-state index is 0.000119. The van der Waals surface area contributed by atoms with Crippen LogP contribution in [0.1, 0.15) is 33.1 Å². The minimum atomic E-state index is 0.000119. The maximum absolute atomic E-state index is 11.9. The van der Waals surface area contributed by atoms with E-state index in [0.29, 0.717) is 28.2 Å². The van der Waals surface area contributed by atoms with Gasteiger partial charge in [0, 0.05) is 18.7 Å². The van der Waals surface area contributed by atoms with Crippen LogP contribution in [-0.4, -0.2) is 30.4 Å². The van der Waals surface area contributed by atoms with Gasteiger partial charge in [-0.05, 0) is 49.5 Å². The van der Waals surface area contributed by atoms with E-state index in [4.69, 9.17) is 17.3 Å². The molecule has 1 heterocycles. The third kappa shape index (κ3) is 4.90. The van der Waals surface area contributed by atoms with Crippen LogP contribution < -0.4 is 11.1 Å². The average molecular weight is 310 g/mol. The van der Waals surface area contributed by atoms with Crippen LogP contribution in [0.3, 0.4) is 0 Å². The van der Waals surface area contributed by atoms with Crippen LogP contribution >= 0.6 is 11.6 Å². The van der Waals surface area contributed by atoms with Crippen molar-refractivity contribution in [3.8, 4) is 0 Å². The lowest BCUT2D eigenvalue weighted by atomic mass is 9.93. The highest BCUT2D eigenvalue weighted by Gasteiger charge is 2.28. The van der Waals surface area contributed by atoms with Crippen molar-refractivity contribution in [2.24, 2.45) is 5.41 Å². The number of rotatable bonds is 5. The Bertz CT molecular complexity index is 516. The SMILES string of the molecule is CC1(C)CCN(CCCC(=O)Nc2ccc(N)cc2Cl)C1. The Labute approximate surface area is 131 Å². The number of amides is 1. The summed E-state index contributed by atoms with van der Waals surface area (Å²) in [6.45, 7) is 7.83.